The Labute approximate surface area is 206 Å². The molecule has 174 valence electrons. The van der Waals surface area contributed by atoms with E-state index in [-0.39, 0.29) is 32.1 Å². The molecule has 7 nitrogen and oxygen atoms in total. The van der Waals surface area contributed by atoms with Crippen LogP contribution in [0.25, 0.3) is 0 Å². The van der Waals surface area contributed by atoms with Gasteiger partial charge in [-0.3, -0.25) is 9.10 Å². The number of nitrogens with zero attached hydrogens (tertiary/aromatic N) is 1. The van der Waals surface area contributed by atoms with Crippen molar-refractivity contribution in [1.82, 2.24) is 0 Å². The maximum atomic E-state index is 13.6. The van der Waals surface area contributed by atoms with Crippen LogP contribution < -0.4 is 19.1 Å². The molecule has 0 fully saturated rings. The van der Waals surface area contributed by atoms with Gasteiger partial charge in [-0.2, -0.15) is 0 Å². The van der Waals surface area contributed by atoms with Gasteiger partial charge in [0.25, 0.3) is 10.0 Å². The average molecular weight is 530 g/mol. The third kappa shape index (κ3) is 5.65. The number of nitrogens with one attached hydrogen (secondary N) is 1. The third-order valence-corrected chi connectivity index (χ3v) is 7.41. The summed E-state index contributed by atoms with van der Waals surface area (Å²) < 4.78 is 38.5. The van der Waals surface area contributed by atoms with Crippen LogP contribution in [0.5, 0.6) is 11.5 Å². The molecule has 3 rings (SSSR count). The highest BCUT2D eigenvalue weighted by molar-refractivity contribution is 7.92. The minimum Gasteiger partial charge on any atom is -0.493 e. The average Bonchev–Trinajstić information content (AvgIpc) is 2.80. The highest BCUT2D eigenvalue weighted by atomic mass is 35.5. The number of amides is 1. The smallest absolute Gasteiger partial charge is 0.264 e. The first-order chi connectivity index (χ1) is 15.7. The molecule has 0 radical (unpaired) electrons. The zero-order chi connectivity index (χ0) is 24.2. The molecule has 3 aromatic rings. The van der Waals surface area contributed by atoms with Crippen LogP contribution in [0.4, 0.5) is 11.4 Å². The Hall–Kier alpha value is -2.65. The van der Waals surface area contributed by atoms with Crippen LogP contribution in [0.2, 0.25) is 15.1 Å². The molecular formula is C22H19Cl3N2O5S. The zero-order valence-electron chi connectivity index (χ0n) is 17.5. The molecule has 0 saturated heterocycles. The van der Waals surface area contributed by atoms with Gasteiger partial charge in [0.1, 0.15) is 6.54 Å². The number of rotatable bonds is 8. The van der Waals surface area contributed by atoms with Crippen molar-refractivity contribution >= 4 is 62.1 Å². The molecule has 3 aromatic carbocycles. The van der Waals surface area contributed by atoms with Gasteiger partial charge in [0, 0.05) is 11.1 Å². The quantitative estimate of drug-likeness (QED) is 0.417. The second-order valence-electron chi connectivity index (χ2n) is 6.65. The maximum absolute atomic E-state index is 13.6. The molecule has 0 aliphatic heterocycles. The lowest BCUT2D eigenvalue weighted by atomic mass is 10.3. The number of hydrogen-bond donors (Lipinski definition) is 1. The van der Waals surface area contributed by atoms with Crippen molar-refractivity contribution < 1.29 is 22.7 Å². The van der Waals surface area contributed by atoms with Gasteiger partial charge in [0.2, 0.25) is 5.91 Å². The molecule has 0 aliphatic rings. The molecule has 0 saturated carbocycles. The van der Waals surface area contributed by atoms with Gasteiger partial charge < -0.3 is 14.8 Å². The summed E-state index contributed by atoms with van der Waals surface area (Å²) in [5.41, 5.74) is 0.496. The maximum Gasteiger partial charge on any atom is 0.264 e. The van der Waals surface area contributed by atoms with Crippen LogP contribution in [0.1, 0.15) is 0 Å². The lowest BCUT2D eigenvalue weighted by Gasteiger charge is -2.24. The fourth-order valence-electron chi connectivity index (χ4n) is 2.95. The summed E-state index contributed by atoms with van der Waals surface area (Å²) >= 11 is 18.1. The van der Waals surface area contributed by atoms with Crippen molar-refractivity contribution in [2.75, 3.05) is 30.4 Å². The highest BCUT2D eigenvalue weighted by Gasteiger charge is 2.28. The number of benzene rings is 3. The summed E-state index contributed by atoms with van der Waals surface area (Å²) in [7, 11) is -1.36. The molecule has 0 spiro atoms. The van der Waals surface area contributed by atoms with E-state index in [0.29, 0.717) is 10.8 Å². The minimum absolute atomic E-state index is 0.0938. The van der Waals surface area contributed by atoms with E-state index in [9.17, 15) is 13.2 Å². The fourth-order valence-corrected chi connectivity index (χ4v) is 4.86. The molecular weight excluding hydrogens is 511 g/mol. The number of halogens is 3. The van der Waals surface area contributed by atoms with Crippen LogP contribution in [0.15, 0.2) is 65.6 Å². The van der Waals surface area contributed by atoms with E-state index in [1.807, 2.05) is 0 Å². The van der Waals surface area contributed by atoms with Crippen molar-refractivity contribution in [1.29, 1.82) is 0 Å². The van der Waals surface area contributed by atoms with Crippen molar-refractivity contribution in [2.45, 2.75) is 4.90 Å². The van der Waals surface area contributed by atoms with Gasteiger partial charge in [0.05, 0.1) is 40.5 Å². The molecule has 1 N–H and O–H groups in total. The lowest BCUT2D eigenvalue weighted by Crippen LogP contribution is -2.38. The molecule has 0 heterocycles. The monoisotopic (exact) mass is 528 g/mol. The topological polar surface area (TPSA) is 84.9 Å². The van der Waals surface area contributed by atoms with Crippen molar-refractivity contribution in [3.63, 3.8) is 0 Å². The minimum atomic E-state index is -4.20. The van der Waals surface area contributed by atoms with E-state index in [0.717, 1.165) is 4.31 Å². The summed E-state index contributed by atoms with van der Waals surface area (Å²) in [5, 5.41) is 3.41. The molecule has 0 atom stereocenters. The van der Waals surface area contributed by atoms with E-state index in [2.05, 4.69) is 5.32 Å². The third-order valence-electron chi connectivity index (χ3n) is 4.57. The Bertz CT molecular complexity index is 1270. The van der Waals surface area contributed by atoms with E-state index in [4.69, 9.17) is 44.3 Å². The van der Waals surface area contributed by atoms with Crippen LogP contribution in [-0.2, 0) is 14.8 Å². The first-order valence-electron chi connectivity index (χ1n) is 9.41. The van der Waals surface area contributed by atoms with Crippen LogP contribution in [-0.4, -0.2) is 35.1 Å². The highest BCUT2D eigenvalue weighted by Crippen LogP contribution is 2.33. The van der Waals surface area contributed by atoms with E-state index >= 15 is 0 Å². The molecule has 0 aromatic heterocycles. The molecule has 11 heteroatoms. The van der Waals surface area contributed by atoms with Crippen LogP contribution in [0.3, 0.4) is 0 Å². The number of carbonyl (C=O) groups is 1. The Morgan fingerprint density at radius 1 is 0.939 bits per heavy atom. The number of anilines is 2. The lowest BCUT2D eigenvalue weighted by molar-refractivity contribution is -0.114. The number of carbonyl (C=O) groups excluding carboxylic acids is 1. The molecule has 0 unspecified atom stereocenters. The number of ether oxygens (including phenoxy) is 2. The normalized spacial score (nSPS) is 11.1. The van der Waals surface area contributed by atoms with Gasteiger partial charge in [-0.15, -0.1) is 0 Å². The van der Waals surface area contributed by atoms with Crippen molar-refractivity contribution in [3.05, 3.63) is 75.7 Å². The first kappa shape index (κ1) is 25.0. The van der Waals surface area contributed by atoms with Gasteiger partial charge in [0.15, 0.2) is 11.5 Å². The predicted molar refractivity (Wildman–Crippen MR) is 131 cm³/mol. The predicted octanol–water partition coefficient (Wildman–Crippen LogP) is 5.50. The Morgan fingerprint density at radius 2 is 1.61 bits per heavy atom. The van der Waals surface area contributed by atoms with Gasteiger partial charge in [-0.05, 0) is 48.5 Å². The molecule has 0 aliphatic carbocycles. The Morgan fingerprint density at radius 3 is 2.24 bits per heavy atom. The first-order valence-corrected chi connectivity index (χ1v) is 12.0. The van der Waals surface area contributed by atoms with Crippen LogP contribution >= 0.6 is 34.8 Å². The van der Waals surface area contributed by atoms with Gasteiger partial charge in [-0.1, -0.05) is 40.9 Å². The van der Waals surface area contributed by atoms with E-state index < -0.39 is 22.5 Å². The van der Waals surface area contributed by atoms with Gasteiger partial charge in [-0.25, -0.2) is 8.42 Å². The zero-order valence-corrected chi connectivity index (χ0v) is 20.6. The largest absolute Gasteiger partial charge is 0.493 e. The Kier molecular flexibility index (Phi) is 7.97. The summed E-state index contributed by atoms with van der Waals surface area (Å²) in [6.07, 6.45) is 0. The number of hydrogen-bond acceptors (Lipinski definition) is 5. The molecule has 0 bridgehead atoms. The standard InChI is InChI=1S/C22H19Cl3N2O5S/c1-31-19-11-10-16(12-20(19)32-2)33(29,30)27(15-8-6-14(23)7-9-15)13-21(28)26-18-5-3-4-17(24)22(18)25/h3-12H,13H2,1-2H3,(H,26,28). The van der Waals surface area contributed by atoms with Crippen LogP contribution in [0, 0.1) is 0 Å². The second-order valence-corrected chi connectivity index (χ2v) is 9.74. The van der Waals surface area contributed by atoms with Crippen molar-refractivity contribution in [3.8, 4) is 11.5 Å². The molecule has 1 amide bonds. The number of methoxy groups -OCH3 is 2. The summed E-state index contributed by atoms with van der Waals surface area (Å²) in [6, 6.07) is 15.0. The van der Waals surface area contributed by atoms with Crippen molar-refractivity contribution in [2.24, 2.45) is 0 Å². The van der Waals surface area contributed by atoms with Gasteiger partial charge >= 0.3 is 0 Å². The Balaban J connectivity index is 2.00. The second kappa shape index (κ2) is 10.5. The number of sulfonamides is 1. The summed E-state index contributed by atoms with van der Waals surface area (Å²) in [4.78, 5) is 12.7. The molecule has 33 heavy (non-hydrogen) atoms. The summed E-state index contributed by atoms with van der Waals surface area (Å²) in [5.74, 6) is -0.0363. The van der Waals surface area contributed by atoms with E-state index in [1.165, 1.54) is 56.7 Å². The fraction of sp³-hybridized carbons (Fsp3) is 0.136. The SMILES string of the molecule is COc1ccc(S(=O)(=O)N(CC(=O)Nc2cccc(Cl)c2Cl)c2ccc(Cl)cc2)cc1OC. The summed E-state index contributed by atoms with van der Waals surface area (Å²) in [6.45, 7) is -0.541. The van der Waals surface area contributed by atoms with E-state index in [1.54, 1.807) is 18.2 Å².